The second-order valence-corrected chi connectivity index (χ2v) is 3.31. The van der Waals surface area contributed by atoms with Crippen LogP contribution in [0.5, 0.6) is 0 Å². The fourth-order valence-corrected chi connectivity index (χ4v) is 1.56. The van der Waals surface area contributed by atoms with Gasteiger partial charge < -0.3 is 9.40 Å². The summed E-state index contributed by atoms with van der Waals surface area (Å²) in [6, 6.07) is 3.53. The number of aromatic nitrogens is 2. The standard InChI is InChI=1S/C11H12N2O2/c1-3-8-7(2)12-10(13-11(8)14)9-5-4-6-15-9/h4-6H,3H2,1-2H3,(H,12,13,14). The van der Waals surface area contributed by atoms with Crippen molar-refractivity contribution in [2.75, 3.05) is 0 Å². The first-order chi connectivity index (χ1) is 7.22. The van der Waals surface area contributed by atoms with Gasteiger partial charge in [-0.2, -0.15) is 0 Å². The summed E-state index contributed by atoms with van der Waals surface area (Å²) < 4.78 is 5.17. The van der Waals surface area contributed by atoms with E-state index in [1.165, 1.54) is 0 Å². The molecular formula is C11H12N2O2. The second-order valence-electron chi connectivity index (χ2n) is 3.31. The van der Waals surface area contributed by atoms with Crippen LogP contribution in [0.15, 0.2) is 27.6 Å². The molecule has 0 spiro atoms. The highest BCUT2D eigenvalue weighted by atomic mass is 16.3. The molecule has 0 saturated carbocycles. The first-order valence-corrected chi connectivity index (χ1v) is 4.86. The molecule has 0 fully saturated rings. The Bertz CT molecular complexity index is 512. The van der Waals surface area contributed by atoms with Gasteiger partial charge in [-0.3, -0.25) is 4.79 Å². The fourth-order valence-electron chi connectivity index (χ4n) is 1.56. The minimum Gasteiger partial charge on any atom is -0.461 e. The molecule has 0 aliphatic heterocycles. The summed E-state index contributed by atoms with van der Waals surface area (Å²) in [5, 5.41) is 0. The summed E-state index contributed by atoms with van der Waals surface area (Å²) in [5.41, 5.74) is 1.40. The van der Waals surface area contributed by atoms with Gasteiger partial charge in [-0.1, -0.05) is 6.92 Å². The van der Waals surface area contributed by atoms with Gasteiger partial charge in [-0.15, -0.1) is 0 Å². The third-order valence-electron chi connectivity index (χ3n) is 2.33. The summed E-state index contributed by atoms with van der Waals surface area (Å²) in [4.78, 5) is 18.7. The number of nitrogens with one attached hydrogen (secondary N) is 1. The van der Waals surface area contributed by atoms with Gasteiger partial charge >= 0.3 is 0 Å². The van der Waals surface area contributed by atoms with Gasteiger partial charge in [0.1, 0.15) is 0 Å². The van der Waals surface area contributed by atoms with Crippen molar-refractivity contribution < 1.29 is 4.42 Å². The Labute approximate surface area is 87.0 Å². The molecule has 0 saturated heterocycles. The smallest absolute Gasteiger partial charge is 0.254 e. The molecular weight excluding hydrogens is 192 g/mol. The van der Waals surface area contributed by atoms with Crippen LogP contribution in [0.4, 0.5) is 0 Å². The van der Waals surface area contributed by atoms with E-state index in [0.717, 1.165) is 11.3 Å². The zero-order valence-electron chi connectivity index (χ0n) is 8.70. The number of H-pyrrole nitrogens is 1. The molecule has 2 heterocycles. The lowest BCUT2D eigenvalue weighted by Gasteiger charge is -2.02. The van der Waals surface area contributed by atoms with Crippen molar-refractivity contribution in [3.05, 3.63) is 40.0 Å². The van der Waals surface area contributed by atoms with Crippen molar-refractivity contribution >= 4 is 0 Å². The minimum atomic E-state index is -0.0867. The lowest BCUT2D eigenvalue weighted by Crippen LogP contribution is -2.16. The van der Waals surface area contributed by atoms with E-state index in [1.807, 2.05) is 13.8 Å². The lowest BCUT2D eigenvalue weighted by atomic mass is 10.2. The summed E-state index contributed by atoms with van der Waals surface area (Å²) >= 11 is 0. The molecule has 78 valence electrons. The van der Waals surface area contributed by atoms with Crippen LogP contribution in [0.3, 0.4) is 0 Å². The third kappa shape index (κ3) is 1.70. The van der Waals surface area contributed by atoms with E-state index < -0.39 is 0 Å². The number of aryl methyl sites for hydroxylation is 1. The van der Waals surface area contributed by atoms with E-state index in [0.29, 0.717) is 18.0 Å². The van der Waals surface area contributed by atoms with E-state index in [-0.39, 0.29) is 5.56 Å². The normalized spacial score (nSPS) is 10.5. The number of hydrogen-bond donors (Lipinski definition) is 1. The highest BCUT2D eigenvalue weighted by molar-refractivity contribution is 5.46. The van der Waals surface area contributed by atoms with E-state index in [4.69, 9.17) is 4.42 Å². The Hall–Kier alpha value is -1.84. The summed E-state index contributed by atoms with van der Waals surface area (Å²) in [5.74, 6) is 1.07. The number of nitrogens with zero attached hydrogens (tertiary/aromatic N) is 1. The molecule has 0 atom stereocenters. The molecule has 0 aromatic carbocycles. The van der Waals surface area contributed by atoms with Crippen LogP contribution in [0, 0.1) is 6.92 Å². The summed E-state index contributed by atoms with van der Waals surface area (Å²) in [7, 11) is 0. The van der Waals surface area contributed by atoms with E-state index in [9.17, 15) is 4.79 Å². The van der Waals surface area contributed by atoms with Crippen LogP contribution < -0.4 is 5.56 Å². The first kappa shape index (κ1) is 9.71. The van der Waals surface area contributed by atoms with Crippen molar-refractivity contribution in [3.8, 4) is 11.6 Å². The van der Waals surface area contributed by atoms with Crippen LogP contribution in [0.1, 0.15) is 18.2 Å². The Morgan fingerprint density at radius 3 is 2.87 bits per heavy atom. The van der Waals surface area contributed by atoms with Gasteiger partial charge in [-0.25, -0.2) is 4.98 Å². The van der Waals surface area contributed by atoms with E-state index in [2.05, 4.69) is 9.97 Å². The molecule has 2 rings (SSSR count). The molecule has 0 bridgehead atoms. The third-order valence-corrected chi connectivity index (χ3v) is 2.33. The quantitative estimate of drug-likeness (QED) is 0.812. The van der Waals surface area contributed by atoms with E-state index >= 15 is 0 Å². The topological polar surface area (TPSA) is 58.9 Å². The van der Waals surface area contributed by atoms with Crippen molar-refractivity contribution in [1.82, 2.24) is 9.97 Å². The zero-order chi connectivity index (χ0) is 10.8. The monoisotopic (exact) mass is 204 g/mol. The lowest BCUT2D eigenvalue weighted by molar-refractivity contribution is 0.576. The molecule has 2 aromatic rings. The Kier molecular flexibility index (Phi) is 2.41. The molecule has 0 unspecified atom stereocenters. The maximum atomic E-state index is 11.6. The summed E-state index contributed by atoms with van der Waals surface area (Å²) in [6.07, 6.45) is 2.24. The molecule has 1 N–H and O–H groups in total. The molecule has 4 nitrogen and oxygen atoms in total. The molecule has 0 radical (unpaired) electrons. The highest BCUT2D eigenvalue weighted by Crippen LogP contribution is 2.14. The zero-order valence-corrected chi connectivity index (χ0v) is 8.70. The molecule has 0 aliphatic rings. The summed E-state index contributed by atoms with van der Waals surface area (Å²) in [6.45, 7) is 3.77. The van der Waals surface area contributed by atoms with Crippen molar-refractivity contribution in [3.63, 3.8) is 0 Å². The molecule has 4 heteroatoms. The molecule has 15 heavy (non-hydrogen) atoms. The average molecular weight is 204 g/mol. The van der Waals surface area contributed by atoms with Gasteiger partial charge in [0.15, 0.2) is 11.6 Å². The number of aromatic amines is 1. The minimum absolute atomic E-state index is 0.0867. The second kappa shape index (κ2) is 3.73. The van der Waals surface area contributed by atoms with Gasteiger partial charge in [0.05, 0.1) is 6.26 Å². The van der Waals surface area contributed by atoms with Crippen LogP contribution in [-0.2, 0) is 6.42 Å². The van der Waals surface area contributed by atoms with Gasteiger partial charge in [-0.05, 0) is 25.5 Å². The molecule has 0 amide bonds. The molecule has 0 aliphatic carbocycles. The van der Waals surface area contributed by atoms with Crippen molar-refractivity contribution in [2.45, 2.75) is 20.3 Å². The number of rotatable bonds is 2. The van der Waals surface area contributed by atoms with Gasteiger partial charge in [0.25, 0.3) is 5.56 Å². The SMILES string of the molecule is CCc1c(C)nc(-c2ccco2)[nH]c1=O. The van der Waals surface area contributed by atoms with Crippen LogP contribution in [0.25, 0.3) is 11.6 Å². The highest BCUT2D eigenvalue weighted by Gasteiger charge is 2.08. The van der Waals surface area contributed by atoms with Gasteiger partial charge in [0, 0.05) is 11.3 Å². The van der Waals surface area contributed by atoms with Crippen LogP contribution >= 0.6 is 0 Å². The Morgan fingerprint density at radius 2 is 2.33 bits per heavy atom. The molecule has 2 aromatic heterocycles. The maximum Gasteiger partial charge on any atom is 0.254 e. The average Bonchev–Trinajstić information content (AvgIpc) is 2.69. The maximum absolute atomic E-state index is 11.6. The van der Waals surface area contributed by atoms with Crippen molar-refractivity contribution in [1.29, 1.82) is 0 Å². The first-order valence-electron chi connectivity index (χ1n) is 4.86. The Balaban J connectivity index is 2.58. The van der Waals surface area contributed by atoms with E-state index in [1.54, 1.807) is 18.4 Å². The Morgan fingerprint density at radius 1 is 1.53 bits per heavy atom. The number of furan rings is 1. The fraction of sp³-hybridized carbons (Fsp3) is 0.273. The van der Waals surface area contributed by atoms with Crippen molar-refractivity contribution in [2.24, 2.45) is 0 Å². The number of hydrogen-bond acceptors (Lipinski definition) is 3. The van der Waals surface area contributed by atoms with Gasteiger partial charge in [0.2, 0.25) is 0 Å². The largest absolute Gasteiger partial charge is 0.461 e. The predicted octanol–water partition coefficient (Wildman–Crippen LogP) is 1.90. The van der Waals surface area contributed by atoms with Crippen LogP contribution in [0.2, 0.25) is 0 Å². The van der Waals surface area contributed by atoms with Crippen LogP contribution in [-0.4, -0.2) is 9.97 Å². The predicted molar refractivity (Wildman–Crippen MR) is 56.7 cm³/mol.